The zero-order valence-corrected chi connectivity index (χ0v) is 10.5. The highest BCUT2D eigenvalue weighted by molar-refractivity contribution is 5.50. The van der Waals surface area contributed by atoms with Crippen molar-refractivity contribution in [2.24, 2.45) is 0 Å². The van der Waals surface area contributed by atoms with Crippen molar-refractivity contribution in [3.8, 4) is 5.75 Å². The second-order valence-electron chi connectivity index (χ2n) is 4.56. The van der Waals surface area contributed by atoms with Gasteiger partial charge in [-0.3, -0.25) is 0 Å². The van der Waals surface area contributed by atoms with Crippen LogP contribution in [0.2, 0.25) is 0 Å². The van der Waals surface area contributed by atoms with E-state index in [1.807, 2.05) is 12.1 Å². The molecule has 1 N–H and O–H groups in total. The zero-order valence-electron chi connectivity index (χ0n) is 10.5. The monoisotopic (exact) mass is 231 g/mol. The number of hydrogen-bond acceptors (Lipinski definition) is 2. The molecule has 0 amide bonds. The molecule has 0 spiro atoms. The van der Waals surface area contributed by atoms with Crippen LogP contribution in [0.4, 0.5) is 0 Å². The molecule has 2 nitrogen and oxygen atoms in total. The fraction of sp³-hybridized carbons (Fsp3) is 0.467. The van der Waals surface area contributed by atoms with E-state index in [2.05, 4.69) is 29.6 Å². The van der Waals surface area contributed by atoms with Crippen molar-refractivity contribution in [2.75, 3.05) is 13.7 Å². The molecular formula is C15H21NO. The number of methoxy groups -OCH3 is 1. The Morgan fingerprint density at radius 3 is 2.76 bits per heavy atom. The van der Waals surface area contributed by atoms with Crippen LogP contribution in [0, 0.1) is 0 Å². The van der Waals surface area contributed by atoms with Gasteiger partial charge in [0.15, 0.2) is 0 Å². The van der Waals surface area contributed by atoms with Crippen LogP contribution in [-0.4, -0.2) is 19.7 Å². The van der Waals surface area contributed by atoms with Crippen molar-refractivity contribution in [1.29, 1.82) is 0 Å². The van der Waals surface area contributed by atoms with E-state index >= 15 is 0 Å². The average Bonchev–Trinajstić information content (AvgIpc) is 2.41. The molecule has 1 atom stereocenters. The van der Waals surface area contributed by atoms with Crippen molar-refractivity contribution < 1.29 is 4.74 Å². The number of piperidine rings is 1. The molecule has 1 saturated heterocycles. The SMILES string of the molecule is COc1ccc(/C=C/CC2CCCCN2)cc1. The summed E-state index contributed by atoms with van der Waals surface area (Å²) in [7, 11) is 1.69. The first-order chi connectivity index (χ1) is 8.38. The topological polar surface area (TPSA) is 21.3 Å². The first kappa shape index (κ1) is 12.2. The van der Waals surface area contributed by atoms with Crippen LogP contribution in [0.1, 0.15) is 31.2 Å². The highest BCUT2D eigenvalue weighted by atomic mass is 16.5. The Bertz CT molecular complexity index is 350. The summed E-state index contributed by atoms with van der Waals surface area (Å²) in [6.07, 6.45) is 9.60. The molecule has 92 valence electrons. The van der Waals surface area contributed by atoms with Gasteiger partial charge in [-0.05, 0) is 43.5 Å². The van der Waals surface area contributed by atoms with E-state index in [1.165, 1.54) is 31.4 Å². The van der Waals surface area contributed by atoms with Gasteiger partial charge in [-0.1, -0.05) is 30.7 Å². The number of benzene rings is 1. The predicted octanol–water partition coefficient (Wildman–Crippen LogP) is 3.24. The normalized spacial score (nSPS) is 20.6. The molecule has 1 fully saturated rings. The van der Waals surface area contributed by atoms with Gasteiger partial charge in [0.2, 0.25) is 0 Å². The number of hydrogen-bond donors (Lipinski definition) is 1. The lowest BCUT2D eigenvalue weighted by Gasteiger charge is -2.21. The summed E-state index contributed by atoms with van der Waals surface area (Å²) in [6, 6.07) is 8.85. The van der Waals surface area contributed by atoms with Crippen LogP contribution < -0.4 is 10.1 Å². The van der Waals surface area contributed by atoms with Gasteiger partial charge in [0.05, 0.1) is 7.11 Å². The standard InChI is InChI=1S/C15H21NO/c1-17-15-10-8-13(9-11-15)5-4-7-14-6-2-3-12-16-14/h4-5,8-11,14,16H,2-3,6-7,12H2,1H3/b5-4+. The highest BCUT2D eigenvalue weighted by Gasteiger charge is 2.09. The van der Waals surface area contributed by atoms with Gasteiger partial charge in [-0.25, -0.2) is 0 Å². The van der Waals surface area contributed by atoms with Crippen LogP contribution in [0.3, 0.4) is 0 Å². The van der Waals surface area contributed by atoms with Gasteiger partial charge in [0.1, 0.15) is 5.75 Å². The Hall–Kier alpha value is -1.28. The van der Waals surface area contributed by atoms with Crippen molar-refractivity contribution in [3.63, 3.8) is 0 Å². The van der Waals surface area contributed by atoms with Gasteiger partial charge in [-0.2, -0.15) is 0 Å². The summed E-state index contributed by atoms with van der Waals surface area (Å²) in [5, 5.41) is 3.55. The molecule has 1 aliphatic rings. The van der Waals surface area contributed by atoms with Crippen LogP contribution in [-0.2, 0) is 0 Å². The maximum absolute atomic E-state index is 5.13. The molecular weight excluding hydrogens is 210 g/mol. The summed E-state index contributed by atoms with van der Waals surface area (Å²) in [5.41, 5.74) is 1.24. The van der Waals surface area contributed by atoms with Gasteiger partial charge < -0.3 is 10.1 Å². The van der Waals surface area contributed by atoms with E-state index in [4.69, 9.17) is 4.74 Å². The third-order valence-corrected chi connectivity index (χ3v) is 3.26. The van der Waals surface area contributed by atoms with Crippen LogP contribution in [0.5, 0.6) is 5.75 Å². The molecule has 1 aromatic carbocycles. The maximum Gasteiger partial charge on any atom is 0.118 e. The second-order valence-corrected chi connectivity index (χ2v) is 4.56. The lowest BCUT2D eigenvalue weighted by atomic mass is 10.0. The van der Waals surface area contributed by atoms with Crippen molar-refractivity contribution in [1.82, 2.24) is 5.32 Å². The lowest BCUT2D eigenvalue weighted by Crippen LogP contribution is -2.33. The molecule has 0 aromatic heterocycles. The van der Waals surface area contributed by atoms with E-state index in [0.29, 0.717) is 6.04 Å². The quantitative estimate of drug-likeness (QED) is 0.859. The fourth-order valence-corrected chi connectivity index (χ4v) is 2.21. The first-order valence-corrected chi connectivity index (χ1v) is 6.42. The molecule has 17 heavy (non-hydrogen) atoms. The minimum Gasteiger partial charge on any atom is -0.497 e. The molecule has 2 rings (SSSR count). The molecule has 1 aromatic rings. The Morgan fingerprint density at radius 1 is 1.29 bits per heavy atom. The molecule has 1 aliphatic heterocycles. The third kappa shape index (κ3) is 3.90. The van der Waals surface area contributed by atoms with Crippen molar-refractivity contribution in [3.05, 3.63) is 35.9 Å². The molecule has 0 saturated carbocycles. The molecule has 0 aliphatic carbocycles. The number of ether oxygens (including phenoxy) is 1. The Balaban J connectivity index is 1.82. The molecule has 1 heterocycles. The highest BCUT2D eigenvalue weighted by Crippen LogP contribution is 2.14. The van der Waals surface area contributed by atoms with Crippen molar-refractivity contribution >= 4 is 6.08 Å². The van der Waals surface area contributed by atoms with E-state index < -0.39 is 0 Å². The maximum atomic E-state index is 5.13. The van der Waals surface area contributed by atoms with Crippen molar-refractivity contribution in [2.45, 2.75) is 31.7 Å². The number of rotatable bonds is 4. The smallest absolute Gasteiger partial charge is 0.118 e. The molecule has 1 unspecified atom stereocenters. The first-order valence-electron chi connectivity index (χ1n) is 6.42. The van der Waals surface area contributed by atoms with E-state index in [-0.39, 0.29) is 0 Å². The Kier molecular flexibility index (Phi) is 4.63. The van der Waals surface area contributed by atoms with Gasteiger partial charge in [0, 0.05) is 6.04 Å². The Labute approximate surface area is 104 Å². The molecule has 0 bridgehead atoms. The van der Waals surface area contributed by atoms with Gasteiger partial charge in [-0.15, -0.1) is 0 Å². The summed E-state index contributed by atoms with van der Waals surface area (Å²) in [4.78, 5) is 0. The minimum absolute atomic E-state index is 0.679. The summed E-state index contributed by atoms with van der Waals surface area (Å²) >= 11 is 0. The van der Waals surface area contributed by atoms with Gasteiger partial charge in [0.25, 0.3) is 0 Å². The van der Waals surface area contributed by atoms with E-state index in [1.54, 1.807) is 7.11 Å². The minimum atomic E-state index is 0.679. The largest absolute Gasteiger partial charge is 0.497 e. The fourth-order valence-electron chi connectivity index (χ4n) is 2.21. The lowest BCUT2D eigenvalue weighted by molar-refractivity contribution is 0.404. The zero-order chi connectivity index (χ0) is 11.9. The van der Waals surface area contributed by atoms with Crippen LogP contribution in [0.15, 0.2) is 30.3 Å². The molecule has 0 radical (unpaired) electrons. The third-order valence-electron chi connectivity index (χ3n) is 3.26. The summed E-state index contributed by atoms with van der Waals surface area (Å²) in [5.74, 6) is 0.913. The summed E-state index contributed by atoms with van der Waals surface area (Å²) in [6.45, 7) is 1.18. The predicted molar refractivity (Wildman–Crippen MR) is 72.3 cm³/mol. The number of nitrogens with one attached hydrogen (secondary N) is 1. The van der Waals surface area contributed by atoms with Crippen LogP contribution >= 0.6 is 0 Å². The van der Waals surface area contributed by atoms with E-state index in [9.17, 15) is 0 Å². The van der Waals surface area contributed by atoms with E-state index in [0.717, 1.165) is 12.2 Å². The second kappa shape index (κ2) is 6.45. The van der Waals surface area contributed by atoms with Gasteiger partial charge >= 0.3 is 0 Å². The average molecular weight is 231 g/mol. The Morgan fingerprint density at radius 2 is 2.12 bits per heavy atom. The molecule has 2 heteroatoms. The summed E-state index contributed by atoms with van der Waals surface area (Å²) < 4.78 is 5.13. The van der Waals surface area contributed by atoms with Crippen LogP contribution in [0.25, 0.3) is 6.08 Å².